The quantitative estimate of drug-likeness (QED) is 0.165. The summed E-state index contributed by atoms with van der Waals surface area (Å²) in [6.45, 7) is 18.4. The molecular formula is C32H36O4. The monoisotopic (exact) mass is 484 g/mol. The van der Waals surface area contributed by atoms with E-state index in [1.165, 1.54) is 0 Å². The fraction of sp³-hybridized carbons (Fsp3) is 0.188. The van der Waals surface area contributed by atoms with Crippen LogP contribution in [0.1, 0.15) is 41.5 Å². The summed E-state index contributed by atoms with van der Waals surface area (Å²) in [5.74, 6) is 0.366. The van der Waals surface area contributed by atoms with Crippen molar-refractivity contribution >= 4 is 33.5 Å². The van der Waals surface area contributed by atoms with Crippen molar-refractivity contribution < 1.29 is 19.1 Å². The normalized spacial score (nSPS) is 9.28. The molecule has 0 spiro atoms. The van der Waals surface area contributed by atoms with Crippen molar-refractivity contribution in [3.63, 3.8) is 0 Å². The van der Waals surface area contributed by atoms with Crippen LogP contribution in [0.25, 0.3) is 21.5 Å². The molecule has 0 amide bonds. The van der Waals surface area contributed by atoms with Crippen LogP contribution in [0.5, 0.6) is 11.5 Å². The van der Waals surface area contributed by atoms with Crippen molar-refractivity contribution in [1.82, 2.24) is 0 Å². The van der Waals surface area contributed by atoms with Crippen molar-refractivity contribution in [3.8, 4) is 11.5 Å². The summed E-state index contributed by atoms with van der Waals surface area (Å²) in [7, 11) is 0. The average Bonchev–Trinajstić information content (AvgIpc) is 2.91. The molecule has 36 heavy (non-hydrogen) atoms. The lowest BCUT2D eigenvalue weighted by molar-refractivity contribution is -0.130. The molecule has 0 bridgehead atoms. The Morgan fingerprint density at radius 2 is 0.833 bits per heavy atom. The van der Waals surface area contributed by atoms with Crippen molar-refractivity contribution in [2.45, 2.75) is 41.5 Å². The highest BCUT2D eigenvalue weighted by molar-refractivity contribution is 5.95. The summed E-state index contributed by atoms with van der Waals surface area (Å²) in [6, 6.07) is 26.8. The molecule has 0 aliphatic heterocycles. The molecule has 4 aromatic carbocycles. The maximum absolute atomic E-state index is 11.4. The molecule has 0 saturated heterocycles. The van der Waals surface area contributed by atoms with Gasteiger partial charge in [-0.2, -0.15) is 0 Å². The second-order valence-corrected chi connectivity index (χ2v) is 7.29. The Balaban J connectivity index is 0.000000317. The highest BCUT2D eigenvalue weighted by atomic mass is 16.5. The van der Waals surface area contributed by atoms with E-state index >= 15 is 0 Å². The molecule has 4 aromatic rings. The van der Waals surface area contributed by atoms with Gasteiger partial charge in [-0.25, -0.2) is 9.59 Å². The topological polar surface area (TPSA) is 52.6 Å². The first-order valence-electron chi connectivity index (χ1n) is 12.1. The van der Waals surface area contributed by atoms with Gasteiger partial charge in [0.25, 0.3) is 0 Å². The molecule has 0 fully saturated rings. The van der Waals surface area contributed by atoms with Crippen molar-refractivity contribution in [1.29, 1.82) is 0 Å². The molecule has 0 aromatic heterocycles. The lowest BCUT2D eigenvalue weighted by Crippen LogP contribution is -2.08. The number of hydrogen-bond donors (Lipinski definition) is 0. The van der Waals surface area contributed by atoms with Crippen LogP contribution in [0.2, 0.25) is 0 Å². The van der Waals surface area contributed by atoms with Gasteiger partial charge in [-0.1, -0.05) is 114 Å². The SMILES string of the molecule is C=C(C)C(=O)Oc1cccc2ccccc12.C=C(C)C(=O)Oc1cccc2ccccc12.CC.CC. The third-order valence-electron chi connectivity index (χ3n) is 4.60. The van der Waals surface area contributed by atoms with Gasteiger partial charge in [0.2, 0.25) is 0 Å². The largest absolute Gasteiger partial charge is 0.423 e. The molecule has 0 heterocycles. The number of carbonyl (C=O) groups is 2. The van der Waals surface area contributed by atoms with Gasteiger partial charge in [0.1, 0.15) is 11.5 Å². The van der Waals surface area contributed by atoms with Crippen LogP contribution in [-0.2, 0) is 9.59 Å². The van der Waals surface area contributed by atoms with E-state index in [0.717, 1.165) is 21.5 Å². The lowest BCUT2D eigenvalue weighted by atomic mass is 10.1. The zero-order valence-electron chi connectivity index (χ0n) is 22.1. The number of ether oxygens (including phenoxy) is 2. The Labute approximate surface area is 214 Å². The molecule has 4 nitrogen and oxygen atoms in total. The molecule has 188 valence electrons. The van der Waals surface area contributed by atoms with E-state index in [2.05, 4.69) is 13.2 Å². The van der Waals surface area contributed by atoms with Gasteiger partial charge in [0.15, 0.2) is 0 Å². The Morgan fingerprint density at radius 3 is 1.17 bits per heavy atom. The fourth-order valence-electron chi connectivity index (χ4n) is 2.94. The van der Waals surface area contributed by atoms with Gasteiger partial charge < -0.3 is 9.47 Å². The standard InChI is InChI=1S/2C14H12O2.2C2H6/c2*1-10(2)14(15)16-13-9-5-7-11-6-3-4-8-12(11)13;2*1-2/h2*3-9H,1H2,2H3;2*1-2H3. The molecule has 0 aliphatic carbocycles. The molecule has 0 radical (unpaired) electrons. The zero-order valence-corrected chi connectivity index (χ0v) is 22.1. The van der Waals surface area contributed by atoms with Crippen molar-refractivity contribution in [2.24, 2.45) is 0 Å². The van der Waals surface area contributed by atoms with E-state index < -0.39 is 11.9 Å². The first kappa shape index (κ1) is 29.9. The van der Waals surface area contributed by atoms with Crippen molar-refractivity contribution in [3.05, 3.63) is 109 Å². The van der Waals surface area contributed by atoms with Crippen LogP contribution in [0.15, 0.2) is 109 Å². The van der Waals surface area contributed by atoms with Crippen LogP contribution in [0.4, 0.5) is 0 Å². The number of benzene rings is 4. The number of esters is 2. The van der Waals surface area contributed by atoms with Gasteiger partial charge in [-0.05, 0) is 36.8 Å². The number of fused-ring (bicyclic) bond motifs is 2. The molecule has 4 rings (SSSR count). The highest BCUT2D eigenvalue weighted by Crippen LogP contribution is 2.26. The second kappa shape index (κ2) is 15.7. The van der Waals surface area contributed by atoms with Gasteiger partial charge in [-0.15, -0.1) is 0 Å². The summed E-state index contributed by atoms with van der Waals surface area (Å²) in [6.07, 6.45) is 0. The number of hydrogen-bond acceptors (Lipinski definition) is 4. The average molecular weight is 485 g/mol. The lowest BCUT2D eigenvalue weighted by Gasteiger charge is -2.06. The molecule has 0 unspecified atom stereocenters. The van der Waals surface area contributed by atoms with Crippen LogP contribution in [-0.4, -0.2) is 11.9 Å². The smallest absolute Gasteiger partial charge is 0.338 e. The molecule has 0 N–H and O–H groups in total. The Kier molecular flexibility index (Phi) is 13.0. The Morgan fingerprint density at radius 1 is 0.528 bits per heavy atom. The van der Waals surface area contributed by atoms with Gasteiger partial charge in [0, 0.05) is 21.9 Å². The van der Waals surface area contributed by atoms with Gasteiger partial charge in [-0.3, -0.25) is 0 Å². The van der Waals surface area contributed by atoms with E-state index in [1.54, 1.807) is 26.0 Å². The number of carbonyl (C=O) groups excluding carboxylic acids is 2. The molecule has 0 saturated carbocycles. The second-order valence-electron chi connectivity index (χ2n) is 7.29. The third kappa shape index (κ3) is 8.55. The summed E-state index contributed by atoms with van der Waals surface area (Å²) in [4.78, 5) is 22.9. The predicted molar refractivity (Wildman–Crippen MR) is 151 cm³/mol. The predicted octanol–water partition coefficient (Wildman–Crippen LogP) is 8.70. The number of rotatable bonds is 4. The first-order valence-corrected chi connectivity index (χ1v) is 12.1. The summed E-state index contributed by atoms with van der Waals surface area (Å²) < 4.78 is 10.5. The molecule has 0 aliphatic rings. The van der Waals surface area contributed by atoms with Gasteiger partial charge in [0.05, 0.1) is 0 Å². The minimum Gasteiger partial charge on any atom is -0.423 e. The maximum Gasteiger partial charge on any atom is 0.338 e. The molecule has 0 atom stereocenters. The summed E-state index contributed by atoms with van der Waals surface area (Å²) >= 11 is 0. The van der Waals surface area contributed by atoms with E-state index in [9.17, 15) is 9.59 Å². The van der Waals surface area contributed by atoms with Crippen LogP contribution in [0.3, 0.4) is 0 Å². The van der Waals surface area contributed by atoms with Gasteiger partial charge >= 0.3 is 11.9 Å². The Bertz CT molecular complexity index is 1200. The third-order valence-corrected chi connectivity index (χ3v) is 4.60. The molecule has 4 heteroatoms. The minimum atomic E-state index is -0.392. The first-order chi connectivity index (χ1) is 17.4. The van der Waals surface area contributed by atoms with E-state index in [4.69, 9.17) is 9.47 Å². The van der Waals surface area contributed by atoms with E-state index in [1.807, 2.05) is 100 Å². The molecular weight excluding hydrogens is 448 g/mol. The fourth-order valence-corrected chi connectivity index (χ4v) is 2.94. The Hall–Kier alpha value is -4.18. The summed E-state index contributed by atoms with van der Waals surface area (Å²) in [5.41, 5.74) is 0.792. The van der Waals surface area contributed by atoms with Crippen molar-refractivity contribution in [2.75, 3.05) is 0 Å². The highest BCUT2D eigenvalue weighted by Gasteiger charge is 2.08. The van der Waals surface area contributed by atoms with Crippen LogP contribution < -0.4 is 9.47 Å². The maximum atomic E-state index is 11.4. The van der Waals surface area contributed by atoms with E-state index in [-0.39, 0.29) is 0 Å². The summed E-state index contributed by atoms with van der Waals surface area (Å²) in [5, 5.41) is 3.96. The zero-order chi connectivity index (χ0) is 27.1. The van der Waals surface area contributed by atoms with E-state index in [0.29, 0.717) is 22.6 Å². The minimum absolute atomic E-state index is 0.392. The van der Waals surface area contributed by atoms with Crippen LogP contribution in [0, 0.1) is 0 Å². The van der Waals surface area contributed by atoms with Crippen LogP contribution >= 0.6 is 0 Å².